The maximum Gasteiger partial charge on any atom is 0.0617 e. The van der Waals surface area contributed by atoms with Crippen molar-refractivity contribution in [3.8, 4) is 0 Å². The summed E-state index contributed by atoms with van der Waals surface area (Å²) in [5, 5.41) is 19.3. The lowest BCUT2D eigenvalue weighted by Crippen LogP contribution is -2.37. The van der Waals surface area contributed by atoms with Crippen molar-refractivity contribution < 1.29 is 15.0 Å². The molecule has 0 aliphatic carbocycles. The van der Waals surface area contributed by atoms with Gasteiger partial charge < -0.3 is 15.0 Å². The van der Waals surface area contributed by atoms with Crippen LogP contribution in [0, 0.1) is 5.92 Å². The van der Waals surface area contributed by atoms with Gasteiger partial charge in [-0.25, -0.2) is 0 Å². The molecule has 0 aliphatic rings. The highest BCUT2D eigenvalue weighted by molar-refractivity contribution is 5.68. The fourth-order valence-corrected chi connectivity index (χ4v) is 0.880. The lowest BCUT2D eigenvalue weighted by Gasteiger charge is -2.20. The number of hydrogen-bond acceptors (Lipinski definition) is 3. The second-order valence-electron chi connectivity index (χ2n) is 2.31. The Morgan fingerprint density at radius 1 is 1.50 bits per heavy atom. The molecule has 0 aromatic rings. The fourth-order valence-electron chi connectivity index (χ4n) is 0.880. The molecule has 3 nitrogen and oxygen atoms in total. The van der Waals surface area contributed by atoms with Gasteiger partial charge in [-0.1, -0.05) is 13.8 Å². The monoisotopic (exact) mass is 145 g/mol. The summed E-state index contributed by atoms with van der Waals surface area (Å²) < 4.78 is 0. The molecule has 0 rings (SSSR count). The predicted molar refractivity (Wildman–Crippen MR) is 35.1 cm³/mol. The number of rotatable bonds is 4. The molecule has 0 spiro atoms. The van der Waals surface area contributed by atoms with Crippen LogP contribution in [0.5, 0.6) is 0 Å². The molecule has 0 aliphatic heterocycles. The molecule has 2 unspecified atom stereocenters. The standard InChI is InChI=1S/C7H14O3/c1-3-5(7(9)10)6(8)4-2/h5-6,8H,3-4H2,1-2H3,(H,9,10)/p-1. The van der Waals surface area contributed by atoms with E-state index in [9.17, 15) is 9.90 Å². The third-order valence-electron chi connectivity index (χ3n) is 1.63. The van der Waals surface area contributed by atoms with Crippen LogP contribution in [-0.4, -0.2) is 17.2 Å². The van der Waals surface area contributed by atoms with Gasteiger partial charge in [-0.3, -0.25) is 0 Å². The molecule has 0 aromatic carbocycles. The number of hydrogen-bond donors (Lipinski definition) is 1. The van der Waals surface area contributed by atoms with E-state index >= 15 is 0 Å². The highest BCUT2D eigenvalue weighted by Gasteiger charge is 2.15. The molecule has 0 saturated carbocycles. The van der Waals surface area contributed by atoms with E-state index in [0.29, 0.717) is 12.8 Å². The molecule has 0 fully saturated rings. The van der Waals surface area contributed by atoms with E-state index < -0.39 is 18.0 Å². The van der Waals surface area contributed by atoms with Gasteiger partial charge >= 0.3 is 0 Å². The third kappa shape index (κ3) is 2.35. The zero-order valence-electron chi connectivity index (χ0n) is 6.33. The number of carbonyl (C=O) groups excluding carboxylic acids is 1. The average Bonchev–Trinajstić information content (AvgIpc) is 1.88. The predicted octanol–water partition coefficient (Wildman–Crippen LogP) is -0.467. The topological polar surface area (TPSA) is 60.4 Å². The van der Waals surface area contributed by atoms with Crippen LogP contribution >= 0.6 is 0 Å². The summed E-state index contributed by atoms with van der Waals surface area (Å²) in [6, 6.07) is 0. The number of carboxylic acid groups (broad SMARTS) is 1. The van der Waals surface area contributed by atoms with E-state index in [4.69, 9.17) is 5.11 Å². The highest BCUT2D eigenvalue weighted by Crippen LogP contribution is 2.09. The summed E-state index contributed by atoms with van der Waals surface area (Å²) in [6.45, 7) is 3.47. The van der Waals surface area contributed by atoms with Crippen LogP contribution in [0.4, 0.5) is 0 Å². The Bertz CT molecular complexity index is 111. The van der Waals surface area contributed by atoms with Crippen molar-refractivity contribution in [2.75, 3.05) is 0 Å². The summed E-state index contributed by atoms with van der Waals surface area (Å²) in [7, 11) is 0. The van der Waals surface area contributed by atoms with Crippen LogP contribution in [0.25, 0.3) is 0 Å². The smallest absolute Gasteiger partial charge is 0.0617 e. The first-order chi connectivity index (χ1) is 4.63. The molecule has 3 heteroatoms. The molecule has 60 valence electrons. The quantitative estimate of drug-likeness (QED) is 0.582. The van der Waals surface area contributed by atoms with Crippen LogP contribution < -0.4 is 5.11 Å². The first-order valence-corrected chi connectivity index (χ1v) is 3.52. The van der Waals surface area contributed by atoms with Gasteiger partial charge in [0, 0.05) is 11.9 Å². The number of aliphatic hydroxyl groups excluding tert-OH is 1. The van der Waals surface area contributed by atoms with Gasteiger partial charge in [0.1, 0.15) is 0 Å². The van der Waals surface area contributed by atoms with E-state index in [1.54, 1.807) is 13.8 Å². The molecule has 0 radical (unpaired) electrons. The van der Waals surface area contributed by atoms with Crippen LogP contribution in [0.3, 0.4) is 0 Å². The van der Waals surface area contributed by atoms with Gasteiger partial charge in [0.15, 0.2) is 0 Å². The number of carbonyl (C=O) groups is 1. The number of aliphatic carboxylic acids is 1. The van der Waals surface area contributed by atoms with Crippen molar-refractivity contribution in [1.29, 1.82) is 0 Å². The van der Waals surface area contributed by atoms with E-state index in [1.165, 1.54) is 0 Å². The Labute approximate surface area is 60.7 Å². The normalized spacial score (nSPS) is 16.3. The van der Waals surface area contributed by atoms with Crippen molar-refractivity contribution in [2.45, 2.75) is 32.8 Å². The van der Waals surface area contributed by atoms with Crippen molar-refractivity contribution in [3.63, 3.8) is 0 Å². The van der Waals surface area contributed by atoms with Gasteiger partial charge in [0.05, 0.1) is 6.10 Å². The van der Waals surface area contributed by atoms with Crippen molar-refractivity contribution >= 4 is 5.97 Å². The molecule has 0 amide bonds. The van der Waals surface area contributed by atoms with Crippen LogP contribution in [0.15, 0.2) is 0 Å². The maximum atomic E-state index is 10.3. The number of aliphatic hydroxyl groups is 1. The average molecular weight is 145 g/mol. The molecular weight excluding hydrogens is 132 g/mol. The Balaban J connectivity index is 3.92. The van der Waals surface area contributed by atoms with Gasteiger partial charge in [-0.05, 0) is 12.8 Å². The van der Waals surface area contributed by atoms with Gasteiger partial charge in [0.2, 0.25) is 0 Å². The molecule has 2 atom stereocenters. The minimum atomic E-state index is -1.16. The van der Waals surface area contributed by atoms with Crippen molar-refractivity contribution in [2.24, 2.45) is 5.92 Å². The first kappa shape index (κ1) is 9.43. The van der Waals surface area contributed by atoms with E-state index in [-0.39, 0.29) is 0 Å². The summed E-state index contributed by atoms with van der Waals surface area (Å²) in [6.07, 6.45) is 0.138. The van der Waals surface area contributed by atoms with Gasteiger partial charge in [-0.2, -0.15) is 0 Å². The Kier molecular flexibility index (Phi) is 4.03. The second-order valence-corrected chi connectivity index (χ2v) is 2.31. The van der Waals surface area contributed by atoms with Crippen molar-refractivity contribution in [1.82, 2.24) is 0 Å². The molecule has 0 saturated heterocycles. The minimum Gasteiger partial charge on any atom is -0.550 e. The summed E-state index contributed by atoms with van der Waals surface area (Å²) in [5.41, 5.74) is 0. The first-order valence-electron chi connectivity index (χ1n) is 3.52. The lowest BCUT2D eigenvalue weighted by atomic mass is 9.98. The van der Waals surface area contributed by atoms with Crippen LogP contribution in [0.1, 0.15) is 26.7 Å². The summed E-state index contributed by atoms with van der Waals surface area (Å²) in [5.74, 6) is -1.86. The van der Waals surface area contributed by atoms with Crippen LogP contribution in [-0.2, 0) is 4.79 Å². The van der Waals surface area contributed by atoms with Gasteiger partial charge in [-0.15, -0.1) is 0 Å². The molecule has 0 aromatic heterocycles. The maximum absolute atomic E-state index is 10.3. The largest absolute Gasteiger partial charge is 0.550 e. The Morgan fingerprint density at radius 2 is 2.00 bits per heavy atom. The zero-order valence-corrected chi connectivity index (χ0v) is 6.33. The van der Waals surface area contributed by atoms with Gasteiger partial charge in [0.25, 0.3) is 0 Å². The van der Waals surface area contributed by atoms with E-state index in [0.717, 1.165) is 0 Å². The Morgan fingerprint density at radius 3 is 2.10 bits per heavy atom. The molecular formula is C7H13O3-. The molecule has 1 N–H and O–H groups in total. The minimum absolute atomic E-state index is 0.428. The van der Waals surface area contributed by atoms with Crippen LogP contribution in [0.2, 0.25) is 0 Å². The Hall–Kier alpha value is -0.570. The van der Waals surface area contributed by atoms with E-state index in [1.807, 2.05) is 0 Å². The lowest BCUT2D eigenvalue weighted by molar-refractivity contribution is -0.314. The molecule has 0 heterocycles. The summed E-state index contributed by atoms with van der Waals surface area (Å²) >= 11 is 0. The van der Waals surface area contributed by atoms with E-state index in [2.05, 4.69) is 0 Å². The third-order valence-corrected chi connectivity index (χ3v) is 1.63. The molecule has 0 bridgehead atoms. The molecule has 10 heavy (non-hydrogen) atoms. The SMILES string of the molecule is CCC(O)C(CC)C(=O)[O-]. The summed E-state index contributed by atoms with van der Waals surface area (Å²) in [4.78, 5) is 10.3. The fraction of sp³-hybridized carbons (Fsp3) is 0.857. The number of carboxylic acids is 1. The highest BCUT2D eigenvalue weighted by atomic mass is 16.4. The second kappa shape index (κ2) is 4.28. The van der Waals surface area contributed by atoms with Crippen molar-refractivity contribution in [3.05, 3.63) is 0 Å². The zero-order chi connectivity index (χ0) is 8.15.